The Bertz CT molecular complexity index is 124. The van der Waals surface area contributed by atoms with E-state index in [1.807, 2.05) is 0 Å². The highest BCUT2D eigenvalue weighted by molar-refractivity contribution is 6.01. The van der Waals surface area contributed by atoms with Crippen LogP contribution < -0.4 is 0 Å². The lowest BCUT2D eigenvalue weighted by atomic mass is 10.2. The van der Waals surface area contributed by atoms with E-state index in [-0.39, 0.29) is 0 Å². The zero-order valence-electron chi connectivity index (χ0n) is 5.50. The van der Waals surface area contributed by atoms with Crippen LogP contribution in [0, 0.1) is 0 Å². The Morgan fingerprint density at radius 2 is 1.44 bits per heavy atom. The fourth-order valence-electron chi connectivity index (χ4n) is 0.441. The predicted molar refractivity (Wildman–Crippen MR) is 34.4 cm³/mol. The number of oxime groups is 2. The van der Waals surface area contributed by atoms with Crippen LogP contribution in [0.2, 0.25) is 0 Å². The van der Waals surface area contributed by atoms with E-state index in [9.17, 15) is 0 Å². The molecule has 4 heteroatoms. The predicted octanol–water partition coefficient (Wildman–Crippen LogP) is 1.08. The highest BCUT2D eigenvalue weighted by Crippen LogP contribution is 1.87. The summed E-state index contributed by atoms with van der Waals surface area (Å²) in [6.45, 7) is 3.30. The van der Waals surface area contributed by atoms with Gasteiger partial charge < -0.3 is 10.4 Å². The molecule has 52 valence electrons. The third-order valence-corrected chi connectivity index (χ3v) is 0.853. The standard InChI is InChI=1S/C5H10N2O2/c1-4(6-8)3-5(2)7-9/h8-9H,3H2,1-2H3/b6-4+,7-5+. The van der Waals surface area contributed by atoms with Gasteiger partial charge in [-0.2, -0.15) is 0 Å². The Morgan fingerprint density at radius 3 is 1.67 bits per heavy atom. The Morgan fingerprint density at radius 1 is 1.11 bits per heavy atom. The van der Waals surface area contributed by atoms with Gasteiger partial charge in [0.05, 0.1) is 11.4 Å². The largest absolute Gasteiger partial charge is 0.411 e. The van der Waals surface area contributed by atoms with Crippen LogP contribution >= 0.6 is 0 Å². The summed E-state index contributed by atoms with van der Waals surface area (Å²) >= 11 is 0. The van der Waals surface area contributed by atoms with Crippen molar-refractivity contribution in [3.63, 3.8) is 0 Å². The number of rotatable bonds is 2. The van der Waals surface area contributed by atoms with Crippen molar-refractivity contribution in [3.8, 4) is 0 Å². The molecule has 0 aromatic rings. The van der Waals surface area contributed by atoms with Gasteiger partial charge in [-0.3, -0.25) is 0 Å². The van der Waals surface area contributed by atoms with Crippen LogP contribution in [0.4, 0.5) is 0 Å². The molecule has 0 saturated carbocycles. The molecule has 0 aromatic carbocycles. The summed E-state index contributed by atoms with van der Waals surface area (Å²) in [7, 11) is 0. The van der Waals surface area contributed by atoms with E-state index in [2.05, 4.69) is 10.3 Å². The first-order valence-electron chi connectivity index (χ1n) is 2.55. The second kappa shape index (κ2) is 3.88. The van der Waals surface area contributed by atoms with Gasteiger partial charge in [0.2, 0.25) is 0 Å². The van der Waals surface area contributed by atoms with Gasteiger partial charge in [0, 0.05) is 6.42 Å². The minimum atomic E-state index is 0.410. The smallest absolute Gasteiger partial charge is 0.0597 e. The minimum absolute atomic E-state index is 0.410. The van der Waals surface area contributed by atoms with E-state index in [0.29, 0.717) is 17.8 Å². The van der Waals surface area contributed by atoms with Crippen molar-refractivity contribution in [1.82, 2.24) is 0 Å². The summed E-state index contributed by atoms with van der Waals surface area (Å²) in [5.41, 5.74) is 1.07. The van der Waals surface area contributed by atoms with E-state index in [0.717, 1.165) is 0 Å². The van der Waals surface area contributed by atoms with E-state index >= 15 is 0 Å². The van der Waals surface area contributed by atoms with Gasteiger partial charge >= 0.3 is 0 Å². The lowest BCUT2D eigenvalue weighted by Gasteiger charge is -1.92. The molecule has 0 heterocycles. The van der Waals surface area contributed by atoms with Crippen molar-refractivity contribution in [3.05, 3.63) is 0 Å². The molecule has 0 amide bonds. The molecule has 0 bridgehead atoms. The topological polar surface area (TPSA) is 65.2 Å². The van der Waals surface area contributed by atoms with E-state index in [1.54, 1.807) is 13.8 Å². The van der Waals surface area contributed by atoms with Gasteiger partial charge in [0.25, 0.3) is 0 Å². The first-order valence-corrected chi connectivity index (χ1v) is 2.55. The van der Waals surface area contributed by atoms with Crippen LogP contribution in [-0.2, 0) is 0 Å². The zero-order valence-corrected chi connectivity index (χ0v) is 5.50. The van der Waals surface area contributed by atoms with Crippen molar-refractivity contribution >= 4 is 11.4 Å². The Kier molecular flexibility index (Phi) is 3.43. The molecule has 4 nitrogen and oxygen atoms in total. The van der Waals surface area contributed by atoms with Crippen LogP contribution in [0.5, 0.6) is 0 Å². The molecule has 2 N–H and O–H groups in total. The van der Waals surface area contributed by atoms with Crippen molar-refractivity contribution in [2.75, 3.05) is 0 Å². The van der Waals surface area contributed by atoms with Gasteiger partial charge in [0.1, 0.15) is 0 Å². The van der Waals surface area contributed by atoms with Crippen LogP contribution in [0.25, 0.3) is 0 Å². The van der Waals surface area contributed by atoms with E-state index in [1.165, 1.54) is 0 Å². The maximum atomic E-state index is 8.13. The molecule has 0 aliphatic rings. The number of hydrogen-bond acceptors (Lipinski definition) is 4. The number of hydrogen-bond donors (Lipinski definition) is 2. The fraction of sp³-hybridized carbons (Fsp3) is 0.600. The first kappa shape index (κ1) is 7.94. The fourth-order valence-corrected chi connectivity index (χ4v) is 0.441. The van der Waals surface area contributed by atoms with Crippen molar-refractivity contribution in [2.24, 2.45) is 10.3 Å². The highest BCUT2D eigenvalue weighted by atomic mass is 16.4. The average Bonchev–Trinajstić information content (AvgIpc) is 1.87. The molecular weight excluding hydrogens is 120 g/mol. The molecule has 0 rings (SSSR count). The van der Waals surface area contributed by atoms with Crippen LogP contribution in [0.1, 0.15) is 20.3 Å². The molecule has 9 heavy (non-hydrogen) atoms. The Balaban J connectivity index is 3.75. The molecule has 0 spiro atoms. The summed E-state index contributed by atoms with van der Waals surface area (Å²) in [6.07, 6.45) is 0.410. The molecule has 0 saturated heterocycles. The molecule has 0 aromatic heterocycles. The quantitative estimate of drug-likeness (QED) is 0.333. The second-order valence-corrected chi connectivity index (χ2v) is 1.85. The van der Waals surface area contributed by atoms with Gasteiger partial charge in [-0.25, -0.2) is 0 Å². The monoisotopic (exact) mass is 130 g/mol. The van der Waals surface area contributed by atoms with E-state index < -0.39 is 0 Å². The van der Waals surface area contributed by atoms with E-state index in [4.69, 9.17) is 10.4 Å². The second-order valence-electron chi connectivity index (χ2n) is 1.85. The zero-order chi connectivity index (χ0) is 7.28. The minimum Gasteiger partial charge on any atom is -0.411 e. The Labute approximate surface area is 53.5 Å². The molecule has 0 radical (unpaired) electrons. The lowest BCUT2D eigenvalue weighted by molar-refractivity contribution is 0.315. The molecule has 0 fully saturated rings. The summed E-state index contributed by atoms with van der Waals surface area (Å²) < 4.78 is 0. The summed E-state index contributed by atoms with van der Waals surface area (Å²) in [5, 5.41) is 22.1. The van der Waals surface area contributed by atoms with Crippen molar-refractivity contribution in [2.45, 2.75) is 20.3 Å². The average molecular weight is 130 g/mol. The van der Waals surface area contributed by atoms with Gasteiger partial charge in [-0.15, -0.1) is 0 Å². The summed E-state index contributed by atoms with van der Waals surface area (Å²) in [4.78, 5) is 0. The third kappa shape index (κ3) is 3.52. The molecule has 0 atom stereocenters. The SMILES string of the molecule is C/C(C/C(C)=N/O)=N\O. The van der Waals surface area contributed by atoms with Gasteiger partial charge in [-0.05, 0) is 13.8 Å². The lowest BCUT2D eigenvalue weighted by Crippen LogP contribution is -1.99. The summed E-state index contributed by atoms with van der Waals surface area (Å²) in [5.74, 6) is 0. The van der Waals surface area contributed by atoms with Gasteiger partial charge in [0.15, 0.2) is 0 Å². The maximum Gasteiger partial charge on any atom is 0.0597 e. The first-order chi connectivity index (χ1) is 4.20. The normalized spacial score (nSPS) is 14.0. The molecule has 0 aliphatic heterocycles. The molecular formula is C5H10N2O2. The number of nitrogens with zero attached hydrogens (tertiary/aromatic N) is 2. The summed E-state index contributed by atoms with van der Waals surface area (Å²) in [6, 6.07) is 0. The van der Waals surface area contributed by atoms with Gasteiger partial charge in [-0.1, -0.05) is 10.3 Å². The highest BCUT2D eigenvalue weighted by Gasteiger charge is 1.94. The molecule has 0 aliphatic carbocycles. The third-order valence-electron chi connectivity index (χ3n) is 0.853. The molecule has 0 unspecified atom stereocenters. The van der Waals surface area contributed by atoms with Crippen LogP contribution in [-0.4, -0.2) is 21.8 Å². The maximum absolute atomic E-state index is 8.13. The van der Waals surface area contributed by atoms with Crippen LogP contribution in [0.3, 0.4) is 0 Å². The van der Waals surface area contributed by atoms with Crippen molar-refractivity contribution < 1.29 is 10.4 Å². The Hall–Kier alpha value is -1.06. The van der Waals surface area contributed by atoms with Crippen molar-refractivity contribution in [1.29, 1.82) is 0 Å². The van der Waals surface area contributed by atoms with Crippen LogP contribution in [0.15, 0.2) is 10.3 Å².